The molecular formula is C23H27FO3. The van der Waals surface area contributed by atoms with E-state index in [1.165, 1.54) is 0 Å². The molecule has 1 heterocycles. The van der Waals surface area contributed by atoms with E-state index >= 15 is 4.39 Å². The summed E-state index contributed by atoms with van der Waals surface area (Å²) in [5.41, 5.74) is 0.0844. The monoisotopic (exact) mass is 370 g/mol. The smallest absolute Gasteiger partial charge is 0.306 e. The number of ether oxygens (including phenoxy) is 1. The number of rotatable bonds is 0. The molecule has 4 fully saturated rings. The molecule has 1 aliphatic heterocycles. The van der Waals surface area contributed by atoms with Gasteiger partial charge in [0.1, 0.15) is 11.8 Å². The fraction of sp³-hybridized carbons (Fsp3) is 0.739. The van der Waals surface area contributed by atoms with E-state index in [2.05, 4.69) is 26.0 Å². The summed E-state index contributed by atoms with van der Waals surface area (Å²) in [5.74, 6) is 1.57. The summed E-state index contributed by atoms with van der Waals surface area (Å²) >= 11 is 0. The van der Waals surface area contributed by atoms with Crippen molar-refractivity contribution in [3.63, 3.8) is 0 Å². The molecule has 3 unspecified atom stereocenters. The van der Waals surface area contributed by atoms with Crippen molar-refractivity contribution in [3.05, 3.63) is 23.8 Å². The lowest BCUT2D eigenvalue weighted by Gasteiger charge is -2.59. The molecule has 144 valence electrons. The largest absolute Gasteiger partial charge is 0.458 e. The first kappa shape index (κ1) is 16.5. The highest BCUT2D eigenvalue weighted by molar-refractivity contribution is 5.92. The van der Waals surface area contributed by atoms with Crippen molar-refractivity contribution in [2.75, 3.05) is 0 Å². The quantitative estimate of drug-likeness (QED) is 0.601. The van der Waals surface area contributed by atoms with Gasteiger partial charge in [0, 0.05) is 30.1 Å². The number of halogens is 1. The first-order valence-electron chi connectivity index (χ1n) is 10.6. The summed E-state index contributed by atoms with van der Waals surface area (Å²) in [5, 5.41) is 0. The molecule has 0 bridgehead atoms. The third kappa shape index (κ3) is 1.75. The minimum absolute atomic E-state index is 0.0616. The molecule has 0 amide bonds. The molecule has 1 spiro atoms. The van der Waals surface area contributed by atoms with Crippen LogP contribution in [0.5, 0.6) is 0 Å². The Bertz CT molecular complexity index is 829. The van der Waals surface area contributed by atoms with Crippen molar-refractivity contribution < 1.29 is 18.7 Å². The van der Waals surface area contributed by atoms with Crippen molar-refractivity contribution in [1.82, 2.24) is 0 Å². The Kier molecular flexibility index (Phi) is 2.90. The highest BCUT2D eigenvalue weighted by Crippen LogP contribution is 2.78. The van der Waals surface area contributed by atoms with Gasteiger partial charge in [0.15, 0.2) is 5.78 Å². The number of fused-ring (bicyclic) bond motifs is 9. The molecule has 0 radical (unpaired) electrons. The molecule has 5 aliphatic carbocycles. The van der Waals surface area contributed by atoms with Crippen LogP contribution in [0.1, 0.15) is 52.4 Å². The number of esters is 1. The Hall–Kier alpha value is -1.45. The summed E-state index contributed by atoms with van der Waals surface area (Å²) in [6.45, 7) is 4.38. The molecule has 6 aliphatic rings. The predicted octanol–water partition coefficient (Wildman–Crippen LogP) is 4.17. The maximum absolute atomic E-state index is 15.9. The third-order valence-corrected chi connectivity index (χ3v) is 9.54. The number of allylic oxidation sites excluding steroid dienone is 4. The number of ketones is 1. The Morgan fingerprint density at radius 2 is 1.96 bits per heavy atom. The van der Waals surface area contributed by atoms with Crippen molar-refractivity contribution in [2.45, 2.75) is 64.1 Å². The topological polar surface area (TPSA) is 43.4 Å². The van der Waals surface area contributed by atoms with Crippen LogP contribution in [-0.4, -0.2) is 23.5 Å². The van der Waals surface area contributed by atoms with Crippen LogP contribution in [0.25, 0.3) is 0 Å². The number of carbonyl (C=O) groups is 2. The average Bonchev–Trinajstić information content (AvgIpc) is 3.24. The van der Waals surface area contributed by atoms with Crippen molar-refractivity contribution >= 4 is 11.8 Å². The van der Waals surface area contributed by atoms with Crippen molar-refractivity contribution in [3.8, 4) is 0 Å². The Morgan fingerprint density at radius 3 is 2.70 bits per heavy atom. The second-order valence-corrected chi connectivity index (χ2v) is 10.5. The van der Waals surface area contributed by atoms with E-state index in [0.29, 0.717) is 37.0 Å². The maximum Gasteiger partial charge on any atom is 0.306 e. The van der Waals surface area contributed by atoms with Crippen LogP contribution in [0.3, 0.4) is 0 Å². The van der Waals surface area contributed by atoms with Crippen LogP contribution in [-0.2, 0) is 14.3 Å². The maximum atomic E-state index is 15.9. The van der Waals surface area contributed by atoms with Gasteiger partial charge in [0.05, 0.1) is 0 Å². The summed E-state index contributed by atoms with van der Waals surface area (Å²) in [4.78, 5) is 24.0. The summed E-state index contributed by atoms with van der Waals surface area (Å²) in [6.07, 6.45) is 9.30. The van der Waals surface area contributed by atoms with Gasteiger partial charge in [-0.2, -0.15) is 0 Å². The molecule has 6 rings (SSSR count). The Morgan fingerprint density at radius 1 is 1.15 bits per heavy atom. The van der Waals surface area contributed by atoms with Gasteiger partial charge in [-0.25, -0.2) is 4.39 Å². The molecule has 3 saturated carbocycles. The minimum Gasteiger partial charge on any atom is -0.458 e. The molecule has 0 aromatic rings. The summed E-state index contributed by atoms with van der Waals surface area (Å²) in [7, 11) is 0. The zero-order chi connectivity index (χ0) is 18.8. The Labute approximate surface area is 159 Å². The number of alkyl halides is 1. The second-order valence-electron chi connectivity index (χ2n) is 10.5. The number of hydrogen-bond acceptors (Lipinski definition) is 3. The van der Waals surface area contributed by atoms with Crippen molar-refractivity contribution in [1.29, 1.82) is 0 Å². The van der Waals surface area contributed by atoms with Gasteiger partial charge in [-0.15, -0.1) is 0 Å². The van der Waals surface area contributed by atoms with E-state index in [-0.39, 0.29) is 34.4 Å². The van der Waals surface area contributed by atoms with Crippen LogP contribution in [0.15, 0.2) is 23.8 Å². The molecule has 3 nitrogen and oxygen atoms in total. The zero-order valence-electron chi connectivity index (χ0n) is 16.0. The lowest BCUT2D eigenvalue weighted by molar-refractivity contribution is -0.180. The Balaban J connectivity index is 1.47. The number of hydrogen-bond donors (Lipinski definition) is 0. The van der Waals surface area contributed by atoms with E-state index in [0.717, 1.165) is 24.8 Å². The van der Waals surface area contributed by atoms with Gasteiger partial charge >= 0.3 is 5.97 Å². The first-order chi connectivity index (χ1) is 12.8. The molecule has 0 aromatic heterocycles. The van der Waals surface area contributed by atoms with Gasteiger partial charge in [-0.3, -0.25) is 9.59 Å². The molecule has 0 aromatic carbocycles. The van der Waals surface area contributed by atoms with E-state index in [1.54, 1.807) is 6.08 Å². The lowest BCUT2D eigenvalue weighted by atomic mass is 9.46. The molecule has 9 atom stereocenters. The molecular weight excluding hydrogens is 343 g/mol. The van der Waals surface area contributed by atoms with Crippen molar-refractivity contribution in [2.24, 2.45) is 40.4 Å². The summed E-state index contributed by atoms with van der Waals surface area (Å²) in [6, 6.07) is 0. The fourth-order valence-corrected chi connectivity index (χ4v) is 8.41. The highest BCUT2D eigenvalue weighted by Gasteiger charge is 2.80. The van der Waals surface area contributed by atoms with Gasteiger partial charge in [-0.05, 0) is 60.5 Å². The van der Waals surface area contributed by atoms with E-state index in [4.69, 9.17) is 4.74 Å². The molecule has 27 heavy (non-hydrogen) atoms. The number of carbonyl (C=O) groups excluding carboxylic acids is 2. The average molecular weight is 370 g/mol. The van der Waals surface area contributed by atoms with Gasteiger partial charge in [-0.1, -0.05) is 26.0 Å². The second kappa shape index (κ2) is 4.75. The van der Waals surface area contributed by atoms with Crippen LogP contribution in [0, 0.1) is 40.4 Å². The van der Waals surface area contributed by atoms with Gasteiger partial charge in [0.2, 0.25) is 0 Å². The molecule has 0 N–H and O–H groups in total. The first-order valence-corrected chi connectivity index (χ1v) is 10.6. The summed E-state index contributed by atoms with van der Waals surface area (Å²) < 4.78 is 21.9. The van der Waals surface area contributed by atoms with Crippen LogP contribution in [0.2, 0.25) is 0 Å². The van der Waals surface area contributed by atoms with Gasteiger partial charge < -0.3 is 4.74 Å². The zero-order valence-corrected chi connectivity index (χ0v) is 16.0. The lowest BCUT2D eigenvalue weighted by Crippen LogP contribution is -2.59. The van der Waals surface area contributed by atoms with Crippen LogP contribution < -0.4 is 0 Å². The predicted molar refractivity (Wildman–Crippen MR) is 97.3 cm³/mol. The third-order valence-electron chi connectivity index (χ3n) is 9.54. The van der Waals surface area contributed by atoms with Crippen LogP contribution in [0.4, 0.5) is 4.39 Å². The van der Waals surface area contributed by atoms with E-state index in [1.807, 2.05) is 0 Å². The standard InChI is InChI=1S/C23H27FO3/c1-21-7-5-13(25)9-12(21)3-4-14-19-15-10-16(15)23(8-6-18(26)27-23)22(19,2)11-17(24)20(14)21/h3-4,9,14-17,19-20H,5-8,10-11H2,1-2H3/t14?,15-,16+,17+,19?,20?,21+,22+,23+/m1/s1. The molecule has 1 saturated heterocycles. The SMILES string of the molecule is C[C@]12CCC(=O)C=C1C=CC1C2[C@@H](F)C[C@@]2(C)C1[C@@H]1C[C@@H]1[C@@]21CCC(=O)O1. The fourth-order valence-electron chi connectivity index (χ4n) is 8.41. The van der Waals surface area contributed by atoms with Crippen LogP contribution >= 0.6 is 0 Å². The minimum atomic E-state index is -0.920. The van der Waals surface area contributed by atoms with Gasteiger partial charge in [0.25, 0.3) is 0 Å². The molecule has 4 heteroatoms. The van der Waals surface area contributed by atoms with E-state index in [9.17, 15) is 9.59 Å². The normalized spacial score (nSPS) is 57.5. The van der Waals surface area contributed by atoms with E-state index < -0.39 is 11.8 Å². The highest BCUT2D eigenvalue weighted by atomic mass is 19.1.